The monoisotopic (exact) mass is 366 g/mol. The van der Waals surface area contributed by atoms with Crippen molar-refractivity contribution in [3.8, 4) is 11.5 Å². The van der Waals surface area contributed by atoms with Gasteiger partial charge in [-0.2, -0.15) is 0 Å². The average molecular weight is 366 g/mol. The number of nitrogens with one attached hydrogen (secondary N) is 1. The Labute approximate surface area is 158 Å². The normalized spacial score (nSPS) is 10.5. The van der Waals surface area contributed by atoms with Crippen LogP contribution in [0.5, 0.6) is 11.5 Å². The Kier molecular flexibility index (Phi) is 5.45. The molecule has 1 aromatic heterocycles. The lowest BCUT2D eigenvalue weighted by Crippen LogP contribution is -2.15. The predicted molar refractivity (Wildman–Crippen MR) is 102 cm³/mol. The van der Waals surface area contributed by atoms with Gasteiger partial charge in [-0.05, 0) is 50.1 Å². The van der Waals surface area contributed by atoms with Gasteiger partial charge in [0.1, 0.15) is 23.9 Å². The van der Waals surface area contributed by atoms with E-state index in [0.717, 1.165) is 16.9 Å². The molecule has 6 heteroatoms. The molecular formula is C21H22N2O4. The Hall–Kier alpha value is -3.28. The third-order valence-corrected chi connectivity index (χ3v) is 4.45. The molecule has 27 heavy (non-hydrogen) atoms. The van der Waals surface area contributed by atoms with Gasteiger partial charge in [-0.25, -0.2) is 0 Å². The number of ether oxygens (including phenoxy) is 2. The summed E-state index contributed by atoms with van der Waals surface area (Å²) in [7, 11) is 1.57. The fraction of sp³-hybridized carbons (Fsp3) is 0.238. The first-order valence-corrected chi connectivity index (χ1v) is 8.59. The summed E-state index contributed by atoms with van der Waals surface area (Å²) >= 11 is 0. The van der Waals surface area contributed by atoms with Crippen LogP contribution < -0.4 is 14.8 Å². The molecule has 0 fully saturated rings. The number of aryl methyl sites for hydroxylation is 2. The van der Waals surface area contributed by atoms with Crippen LogP contribution >= 0.6 is 0 Å². The summed E-state index contributed by atoms with van der Waals surface area (Å²) in [4.78, 5) is 12.7. The number of carbonyl (C=O) groups excluding carboxylic acids is 1. The van der Waals surface area contributed by atoms with Crippen LogP contribution in [0.3, 0.4) is 0 Å². The number of aromatic nitrogens is 1. The van der Waals surface area contributed by atoms with Gasteiger partial charge in [0.25, 0.3) is 5.91 Å². The van der Waals surface area contributed by atoms with E-state index >= 15 is 0 Å². The van der Waals surface area contributed by atoms with E-state index in [2.05, 4.69) is 10.5 Å². The number of nitrogens with zero attached hydrogens (tertiary/aromatic N) is 1. The average Bonchev–Trinajstić information content (AvgIpc) is 3.04. The zero-order valence-electron chi connectivity index (χ0n) is 15.8. The first-order valence-electron chi connectivity index (χ1n) is 8.59. The highest BCUT2D eigenvalue weighted by Gasteiger charge is 2.21. The van der Waals surface area contributed by atoms with Gasteiger partial charge in [0, 0.05) is 11.8 Å². The fourth-order valence-corrected chi connectivity index (χ4v) is 2.66. The lowest BCUT2D eigenvalue weighted by molar-refractivity contribution is 0.101. The summed E-state index contributed by atoms with van der Waals surface area (Å²) in [6.45, 7) is 5.99. The minimum absolute atomic E-state index is 0.195. The summed E-state index contributed by atoms with van der Waals surface area (Å²) < 4.78 is 16.3. The Bertz CT molecular complexity index is 963. The predicted octanol–water partition coefficient (Wildman–Crippen LogP) is 4.44. The van der Waals surface area contributed by atoms with Crippen LogP contribution in [0.4, 0.5) is 5.69 Å². The van der Waals surface area contributed by atoms with Gasteiger partial charge in [0.2, 0.25) is 0 Å². The molecule has 1 heterocycles. The van der Waals surface area contributed by atoms with Crippen molar-refractivity contribution in [2.45, 2.75) is 27.4 Å². The van der Waals surface area contributed by atoms with E-state index in [1.54, 1.807) is 38.3 Å². The molecule has 3 aromatic rings. The highest BCUT2D eigenvalue weighted by atomic mass is 16.5. The Balaban J connectivity index is 1.77. The van der Waals surface area contributed by atoms with E-state index in [4.69, 9.17) is 14.0 Å². The van der Waals surface area contributed by atoms with Gasteiger partial charge in [0.15, 0.2) is 5.69 Å². The van der Waals surface area contributed by atoms with Crippen LogP contribution in [0.25, 0.3) is 0 Å². The van der Waals surface area contributed by atoms with Crippen LogP contribution in [0.15, 0.2) is 47.0 Å². The maximum atomic E-state index is 12.7. The topological polar surface area (TPSA) is 73.6 Å². The molecule has 3 rings (SSSR count). The van der Waals surface area contributed by atoms with E-state index in [-0.39, 0.29) is 18.2 Å². The molecule has 0 saturated heterocycles. The molecule has 0 saturated carbocycles. The molecule has 0 atom stereocenters. The smallest absolute Gasteiger partial charge is 0.278 e. The second-order valence-electron chi connectivity index (χ2n) is 6.24. The van der Waals surface area contributed by atoms with Crippen molar-refractivity contribution in [2.75, 3.05) is 12.4 Å². The third kappa shape index (κ3) is 4.11. The second kappa shape index (κ2) is 7.95. The van der Waals surface area contributed by atoms with Crippen molar-refractivity contribution in [3.05, 3.63) is 70.6 Å². The molecule has 0 unspecified atom stereocenters. The number of carbonyl (C=O) groups is 1. The van der Waals surface area contributed by atoms with Gasteiger partial charge in [-0.1, -0.05) is 23.4 Å². The minimum atomic E-state index is -0.361. The number of anilines is 1. The molecule has 0 aliphatic carbocycles. The number of benzene rings is 2. The number of methoxy groups -OCH3 is 1. The fourth-order valence-electron chi connectivity index (χ4n) is 2.66. The van der Waals surface area contributed by atoms with Crippen molar-refractivity contribution < 1.29 is 18.8 Å². The maximum absolute atomic E-state index is 12.7. The summed E-state index contributed by atoms with van der Waals surface area (Å²) in [5, 5.41) is 6.72. The van der Waals surface area contributed by atoms with Gasteiger partial charge in [-0.3, -0.25) is 4.79 Å². The first-order chi connectivity index (χ1) is 13.0. The maximum Gasteiger partial charge on any atom is 0.278 e. The molecule has 0 radical (unpaired) electrons. The standard InChI is InChI=1S/C21H22N2O4/c1-13-7-5-10-19(14(13)2)26-12-18-15(3)27-23-20(18)21(24)22-16-8-6-9-17(11-16)25-4/h5-11H,12H2,1-4H3,(H,22,24). The van der Waals surface area contributed by atoms with Crippen molar-refractivity contribution >= 4 is 11.6 Å². The third-order valence-electron chi connectivity index (χ3n) is 4.45. The largest absolute Gasteiger partial charge is 0.497 e. The van der Waals surface area contributed by atoms with Crippen LogP contribution in [0.1, 0.15) is 32.9 Å². The summed E-state index contributed by atoms with van der Waals surface area (Å²) in [5.41, 5.74) is 3.65. The van der Waals surface area contributed by atoms with E-state index in [1.807, 2.05) is 32.0 Å². The Morgan fingerprint density at radius 2 is 1.93 bits per heavy atom. The van der Waals surface area contributed by atoms with Crippen LogP contribution in [-0.2, 0) is 6.61 Å². The van der Waals surface area contributed by atoms with Crippen molar-refractivity contribution in [1.29, 1.82) is 0 Å². The molecule has 2 aromatic carbocycles. The Morgan fingerprint density at radius 1 is 1.15 bits per heavy atom. The number of hydrogen-bond acceptors (Lipinski definition) is 5. The molecule has 0 aliphatic rings. The molecule has 0 bridgehead atoms. The van der Waals surface area contributed by atoms with Crippen molar-refractivity contribution in [2.24, 2.45) is 0 Å². The zero-order valence-corrected chi connectivity index (χ0v) is 15.8. The number of amides is 1. The van der Waals surface area contributed by atoms with Crippen molar-refractivity contribution in [3.63, 3.8) is 0 Å². The summed E-state index contributed by atoms with van der Waals surface area (Å²) in [6, 6.07) is 13.0. The minimum Gasteiger partial charge on any atom is -0.497 e. The second-order valence-corrected chi connectivity index (χ2v) is 6.24. The molecule has 1 amide bonds. The van der Waals surface area contributed by atoms with Gasteiger partial charge in [0.05, 0.1) is 12.7 Å². The van der Waals surface area contributed by atoms with Gasteiger partial charge in [-0.15, -0.1) is 0 Å². The van der Waals surface area contributed by atoms with E-state index < -0.39 is 0 Å². The molecule has 6 nitrogen and oxygen atoms in total. The molecule has 1 N–H and O–H groups in total. The van der Waals surface area contributed by atoms with Gasteiger partial charge >= 0.3 is 0 Å². The highest BCUT2D eigenvalue weighted by molar-refractivity contribution is 6.04. The van der Waals surface area contributed by atoms with Crippen LogP contribution in [-0.4, -0.2) is 18.2 Å². The van der Waals surface area contributed by atoms with Crippen LogP contribution in [0, 0.1) is 20.8 Å². The quantitative estimate of drug-likeness (QED) is 0.698. The van der Waals surface area contributed by atoms with E-state index in [0.29, 0.717) is 22.8 Å². The van der Waals surface area contributed by atoms with Crippen LogP contribution in [0.2, 0.25) is 0 Å². The van der Waals surface area contributed by atoms with Crippen molar-refractivity contribution in [1.82, 2.24) is 5.16 Å². The molecule has 0 spiro atoms. The zero-order chi connectivity index (χ0) is 19.4. The highest BCUT2D eigenvalue weighted by Crippen LogP contribution is 2.24. The number of rotatable bonds is 6. The lowest BCUT2D eigenvalue weighted by atomic mass is 10.1. The lowest BCUT2D eigenvalue weighted by Gasteiger charge is -2.11. The first kappa shape index (κ1) is 18.5. The summed E-state index contributed by atoms with van der Waals surface area (Å²) in [6.07, 6.45) is 0. The summed E-state index contributed by atoms with van der Waals surface area (Å²) in [5.74, 6) is 1.62. The molecular weight excluding hydrogens is 344 g/mol. The molecule has 0 aliphatic heterocycles. The SMILES string of the molecule is COc1cccc(NC(=O)c2noc(C)c2COc2cccc(C)c2C)c1. The van der Waals surface area contributed by atoms with E-state index in [1.165, 1.54) is 0 Å². The van der Waals surface area contributed by atoms with Gasteiger partial charge < -0.3 is 19.3 Å². The Morgan fingerprint density at radius 3 is 2.70 bits per heavy atom. The molecule has 140 valence electrons. The number of hydrogen-bond donors (Lipinski definition) is 1. The van der Waals surface area contributed by atoms with E-state index in [9.17, 15) is 4.79 Å².